The second-order valence-corrected chi connectivity index (χ2v) is 6.68. The highest BCUT2D eigenvalue weighted by Crippen LogP contribution is 2.27. The van der Waals surface area contributed by atoms with Gasteiger partial charge in [-0.2, -0.15) is 5.26 Å². The summed E-state index contributed by atoms with van der Waals surface area (Å²) in [6, 6.07) is 7.60. The van der Waals surface area contributed by atoms with E-state index in [4.69, 9.17) is 14.2 Å². The number of ether oxygens (including phenoxy) is 3. The quantitative estimate of drug-likeness (QED) is 0.702. The van der Waals surface area contributed by atoms with E-state index in [9.17, 15) is 14.9 Å². The number of rotatable bonds is 8. The number of hydrogen-bond acceptors (Lipinski definition) is 6. The second-order valence-electron chi connectivity index (χ2n) is 6.68. The lowest BCUT2D eigenvalue weighted by Gasteiger charge is -2.31. The summed E-state index contributed by atoms with van der Waals surface area (Å²) in [5, 5.41) is 12.1. The maximum absolute atomic E-state index is 12.0. The number of hydrogen-bond donors (Lipinski definition) is 1. The van der Waals surface area contributed by atoms with Crippen LogP contribution in [0.3, 0.4) is 0 Å². The Hall–Kier alpha value is -2.75. The van der Waals surface area contributed by atoms with Gasteiger partial charge in [0.1, 0.15) is 17.0 Å². The van der Waals surface area contributed by atoms with E-state index in [1.807, 2.05) is 12.1 Å². The van der Waals surface area contributed by atoms with E-state index < -0.39 is 17.4 Å². The Bertz CT molecular complexity index is 683. The molecule has 1 aliphatic rings. The van der Waals surface area contributed by atoms with Crippen molar-refractivity contribution in [3.05, 3.63) is 23.8 Å². The molecule has 0 aromatic heterocycles. The molecule has 0 bridgehead atoms. The molecular weight excluding hydrogens is 348 g/mol. The number of aryl methyl sites for hydroxylation is 1. The molecule has 0 atom stereocenters. The van der Waals surface area contributed by atoms with Gasteiger partial charge >= 0.3 is 5.97 Å². The highest BCUT2D eigenvalue weighted by molar-refractivity contribution is 5.81. The SMILES string of the molecule is COc1cc(CCC(=O)OCC(=O)NC2(C#N)CCCCC2)cc(OC)c1. The first kappa shape index (κ1) is 20.6. The van der Waals surface area contributed by atoms with Gasteiger partial charge in [-0.3, -0.25) is 9.59 Å². The maximum Gasteiger partial charge on any atom is 0.306 e. The molecule has 0 aliphatic heterocycles. The highest BCUT2D eigenvalue weighted by atomic mass is 16.5. The molecule has 0 radical (unpaired) electrons. The van der Waals surface area contributed by atoms with Crippen LogP contribution in [0.25, 0.3) is 0 Å². The van der Waals surface area contributed by atoms with Crippen molar-refractivity contribution in [1.82, 2.24) is 5.32 Å². The molecule has 2 rings (SSSR count). The summed E-state index contributed by atoms with van der Waals surface area (Å²) < 4.78 is 15.4. The van der Waals surface area contributed by atoms with E-state index in [0.717, 1.165) is 24.8 Å². The van der Waals surface area contributed by atoms with Crippen LogP contribution in [0.15, 0.2) is 18.2 Å². The molecule has 0 unspecified atom stereocenters. The van der Waals surface area contributed by atoms with Crippen molar-refractivity contribution in [3.8, 4) is 17.6 Å². The molecule has 7 nitrogen and oxygen atoms in total. The summed E-state index contributed by atoms with van der Waals surface area (Å²) in [6.07, 6.45) is 4.75. The molecule has 27 heavy (non-hydrogen) atoms. The molecule has 1 N–H and O–H groups in total. The molecule has 146 valence electrons. The molecule has 0 spiro atoms. The molecule has 1 aromatic carbocycles. The fourth-order valence-electron chi connectivity index (χ4n) is 3.20. The van der Waals surface area contributed by atoms with Gasteiger partial charge in [-0.15, -0.1) is 0 Å². The summed E-state index contributed by atoms with van der Waals surface area (Å²) in [4.78, 5) is 24.0. The molecule has 1 aliphatic carbocycles. The monoisotopic (exact) mass is 374 g/mol. The van der Waals surface area contributed by atoms with Gasteiger partial charge in [-0.1, -0.05) is 19.3 Å². The van der Waals surface area contributed by atoms with Crippen LogP contribution in [0.2, 0.25) is 0 Å². The average Bonchev–Trinajstić information content (AvgIpc) is 2.71. The zero-order chi connectivity index (χ0) is 19.7. The number of nitrogens with one attached hydrogen (secondary N) is 1. The van der Waals surface area contributed by atoms with Crippen LogP contribution in [0.5, 0.6) is 11.5 Å². The third kappa shape index (κ3) is 6.17. The van der Waals surface area contributed by atoms with Crippen LogP contribution in [0.4, 0.5) is 0 Å². The predicted molar refractivity (Wildman–Crippen MR) is 98.4 cm³/mol. The Kier molecular flexibility index (Phi) is 7.47. The van der Waals surface area contributed by atoms with Gasteiger partial charge in [0.15, 0.2) is 6.61 Å². The summed E-state index contributed by atoms with van der Waals surface area (Å²) in [5.41, 5.74) is 0.0528. The molecule has 0 saturated heterocycles. The summed E-state index contributed by atoms with van der Waals surface area (Å²) >= 11 is 0. The fraction of sp³-hybridized carbons (Fsp3) is 0.550. The lowest BCUT2D eigenvalue weighted by atomic mass is 9.83. The number of carbonyl (C=O) groups is 2. The highest BCUT2D eigenvalue weighted by Gasteiger charge is 2.33. The van der Waals surface area contributed by atoms with E-state index in [2.05, 4.69) is 11.4 Å². The topological polar surface area (TPSA) is 97.6 Å². The maximum atomic E-state index is 12.0. The van der Waals surface area contributed by atoms with E-state index in [-0.39, 0.29) is 13.0 Å². The Morgan fingerprint density at radius 1 is 1.11 bits per heavy atom. The molecule has 0 heterocycles. The van der Waals surface area contributed by atoms with Crippen LogP contribution in [-0.4, -0.2) is 38.2 Å². The Morgan fingerprint density at radius 3 is 2.30 bits per heavy atom. The first-order chi connectivity index (χ1) is 13.0. The number of carbonyl (C=O) groups excluding carboxylic acids is 2. The fourth-order valence-corrected chi connectivity index (χ4v) is 3.20. The molecule has 1 aromatic rings. The molecule has 7 heteroatoms. The zero-order valence-corrected chi connectivity index (χ0v) is 15.9. The minimum absolute atomic E-state index is 0.132. The number of benzene rings is 1. The van der Waals surface area contributed by atoms with Crippen LogP contribution >= 0.6 is 0 Å². The predicted octanol–water partition coefficient (Wildman–Crippen LogP) is 2.52. The van der Waals surface area contributed by atoms with E-state index in [1.165, 1.54) is 0 Å². The van der Waals surface area contributed by atoms with Gasteiger partial charge in [0.2, 0.25) is 0 Å². The third-order valence-electron chi connectivity index (χ3n) is 4.69. The van der Waals surface area contributed by atoms with Crippen molar-refractivity contribution in [2.45, 2.75) is 50.5 Å². The number of esters is 1. The van der Waals surface area contributed by atoms with Crippen LogP contribution in [0.1, 0.15) is 44.1 Å². The van der Waals surface area contributed by atoms with Crippen molar-refractivity contribution in [3.63, 3.8) is 0 Å². The average molecular weight is 374 g/mol. The van der Waals surface area contributed by atoms with Crippen molar-refractivity contribution in [2.24, 2.45) is 0 Å². The summed E-state index contributed by atoms with van der Waals surface area (Å²) in [5.74, 6) is 0.384. The van der Waals surface area contributed by atoms with E-state index in [1.54, 1.807) is 20.3 Å². The second kappa shape index (κ2) is 9.81. The Balaban J connectivity index is 1.79. The molecule has 1 fully saturated rings. The standard InChI is InChI=1S/C20H26N2O5/c1-25-16-10-15(11-17(12-16)26-2)6-7-19(24)27-13-18(23)22-20(14-21)8-4-3-5-9-20/h10-12H,3-9,13H2,1-2H3,(H,22,23). The van der Waals surface area contributed by atoms with Gasteiger partial charge in [0, 0.05) is 12.5 Å². The van der Waals surface area contributed by atoms with Crippen LogP contribution in [-0.2, 0) is 20.7 Å². The van der Waals surface area contributed by atoms with E-state index in [0.29, 0.717) is 30.8 Å². The van der Waals surface area contributed by atoms with Crippen molar-refractivity contribution < 1.29 is 23.8 Å². The van der Waals surface area contributed by atoms with Gasteiger partial charge in [-0.05, 0) is 37.0 Å². The Labute approximate surface area is 159 Å². The minimum Gasteiger partial charge on any atom is -0.497 e. The number of methoxy groups -OCH3 is 2. The lowest BCUT2D eigenvalue weighted by Crippen LogP contribution is -2.50. The van der Waals surface area contributed by atoms with Crippen LogP contribution in [0, 0.1) is 11.3 Å². The normalized spacial score (nSPS) is 15.3. The number of amides is 1. The van der Waals surface area contributed by atoms with Crippen LogP contribution < -0.4 is 14.8 Å². The zero-order valence-electron chi connectivity index (χ0n) is 15.9. The summed E-state index contributed by atoms with van der Waals surface area (Å²) in [6.45, 7) is -0.371. The Morgan fingerprint density at radius 2 is 1.74 bits per heavy atom. The summed E-state index contributed by atoms with van der Waals surface area (Å²) in [7, 11) is 3.12. The third-order valence-corrected chi connectivity index (χ3v) is 4.69. The van der Waals surface area contributed by atoms with Gasteiger partial charge < -0.3 is 19.5 Å². The smallest absolute Gasteiger partial charge is 0.306 e. The first-order valence-corrected chi connectivity index (χ1v) is 9.10. The molecule has 1 saturated carbocycles. The molecule has 1 amide bonds. The van der Waals surface area contributed by atoms with Gasteiger partial charge in [0.25, 0.3) is 5.91 Å². The lowest BCUT2D eigenvalue weighted by molar-refractivity contribution is -0.149. The minimum atomic E-state index is -0.821. The van der Waals surface area contributed by atoms with Crippen molar-refractivity contribution in [2.75, 3.05) is 20.8 Å². The number of nitrogens with zero attached hydrogens (tertiary/aromatic N) is 1. The number of nitriles is 1. The molecular formula is C20H26N2O5. The van der Waals surface area contributed by atoms with Gasteiger partial charge in [0.05, 0.1) is 20.3 Å². The van der Waals surface area contributed by atoms with Gasteiger partial charge in [-0.25, -0.2) is 0 Å². The van der Waals surface area contributed by atoms with Crippen molar-refractivity contribution >= 4 is 11.9 Å². The first-order valence-electron chi connectivity index (χ1n) is 9.10. The largest absolute Gasteiger partial charge is 0.497 e. The van der Waals surface area contributed by atoms with E-state index >= 15 is 0 Å². The van der Waals surface area contributed by atoms with Crippen molar-refractivity contribution in [1.29, 1.82) is 5.26 Å².